The molecule has 1 aliphatic rings. The minimum Gasteiger partial charge on any atom is -0.379 e. The van der Waals surface area contributed by atoms with Crippen molar-refractivity contribution >= 4 is 5.69 Å². The lowest BCUT2D eigenvalue weighted by atomic mass is 9.83. The average Bonchev–Trinajstić information content (AvgIpc) is 2.42. The minimum atomic E-state index is 0.246. The summed E-state index contributed by atoms with van der Waals surface area (Å²) in [4.78, 5) is 0. The highest BCUT2D eigenvalue weighted by Gasteiger charge is 2.37. The Kier molecular flexibility index (Phi) is 2.06. The Labute approximate surface area is 86.5 Å². The molecule has 0 saturated heterocycles. The third-order valence-corrected chi connectivity index (χ3v) is 3.78. The van der Waals surface area contributed by atoms with Gasteiger partial charge in [-0.3, -0.25) is 0 Å². The van der Waals surface area contributed by atoms with Crippen LogP contribution in [-0.2, 0) is 0 Å². The summed E-state index contributed by atoms with van der Waals surface area (Å²) in [5.74, 6) is 0.613. The van der Waals surface area contributed by atoms with Gasteiger partial charge in [0.15, 0.2) is 0 Å². The predicted octanol–water partition coefficient (Wildman–Crippen LogP) is 3.69. The Morgan fingerprint density at radius 2 is 2.14 bits per heavy atom. The SMILES string of the molecule is CCC1(C)Nc2ccc(C)cc2C1C. The van der Waals surface area contributed by atoms with Crippen LogP contribution in [0.1, 0.15) is 44.2 Å². The smallest absolute Gasteiger partial charge is 0.0409 e. The van der Waals surface area contributed by atoms with Crippen molar-refractivity contribution in [3.8, 4) is 0 Å². The van der Waals surface area contributed by atoms with Gasteiger partial charge >= 0.3 is 0 Å². The molecule has 1 nitrogen and oxygen atoms in total. The van der Waals surface area contributed by atoms with Crippen molar-refractivity contribution in [2.75, 3.05) is 5.32 Å². The summed E-state index contributed by atoms with van der Waals surface area (Å²) >= 11 is 0. The third kappa shape index (κ3) is 1.23. The molecule has 0 spiro atoms. The summed E-state index contributed by atoms with van der Waals surface area (Å²) in [5, 5.41) is 3.64. The zero-order valence-electron chi connectivity index (χ0n) is 9.52. The lowest BCUT2D eigenvalue weighted by Crippen LogP contribution is -2.33. The van der Waals surface area contributed by atoms with E-state index in [4.69, 9.17) is 0 Å². The van der Waals surface area contributed by atoms with E-state index >= 15 is 0 Å². The summed E-state index contributed by atoms with van der Waals surface area (Å²) in [6.07, 6.45) is 1.17. The van der Waals surface area contributed by atoms with Crippen LogP contribution in [0.15, 0.2) is 18.2 Å². The number of aryl methyl sites for hydroxylation is 1. The van der Waals surface area contributed by atoms with Gasteiger partial charge in [0.2, 0.25) is 0 Å². The second-order valence-corrected chi connectivity index (χ2v) is 4.71. The highest BCUT2D eigenvalue weighted by molar-refractivity contribution is 5.62. The quantitative estimate of drug-likeness (QED) is 0.710. The highest BCUT2D eigenvalue weighted by atomic mass is 15.0. The van der Waals surface area contributed by atoms with Crippen LogP contribution in [0.25, 0.3) is 0 Å². The first-order chi connectivity index (χ1) is 6.57. The van der Waals surface area contributed by atoms with Crippen LogP contribution in [0.3, 0.4) is 0 Å². The molecule has 1 heteroatoms. The van der Waals surface area contributed by atoms with Gasteiger partial charge < -0.3 is 5.32 Å². The average molecular weight is 189 g/mol. The normalized spacial score (nSPS) is 29.9. The van der Waals surface area contributed by atoms with E-state index in [2.05, 4.69) is 51.2 Å². The first-order valence-corrected chi connectivity index (χ1v) is 5.45. The second kappa shape index (κ2) is 3.01. The van der Waals surface area contributed by atoms with Gasteiger partial charge in [-0.2, -0.15) is 0 Å². The lowest BCUT2D eigenvalue weighted by Gasteiger charge is -2.28. The first-order valence-electron chi connectivity index (χ1n) is 5.45. The van der Waals surface area contributed by atoms with E-state index in [0.29, 0.717) is 5.92 Å². The molecule has 0 radical (unpaired) electrons. The Morgan fingerprint density at radius 1 is 1.43 bits per heavy atom. The molecule has 1 aromatic carbocycles. The van der Waals surface area contributed by atoms with Crippen molar-refractivity contribution in [3.63, 3.8) is 0 Å². The van der Waals surface area contributed by atoms with Gasteiger partial charge in [-0.25, -0.2) is 0 Å². The standard InChI is InChI=1S/C13H19N/c1-5-13(4)10(3)11-8-9(2)6-7-12(11)14-13/h6-8,10,14H,5H2,1-4H3. The Morgan fingerprint density at radius 3 is 2.79 bits per heavy atom. The van der Waals surface area contributed by atoms with E-state index in [0.717, 1.165) is 0 Å². The largest absolute Gasteiger partial charge is 0.379 e. The number of anilines is 1. The summed E-state index contributed by atoms with van der Waals surface area (Å²) in [7, 11) is 0. The molecule has 0 fully saturated rings. The van der Waals surface area contributed by atoms with Crippen molar-refractivity contribution in [3.05, 3.63) is 29.3 Å². The van der Waals surface area contributed by atoms with Crippen LogP contribution < -0.4 is 5.32 Å². The maximum absolute atomic E-state index is 3.64. The van der Waals surface area contributed by atoms with Crippen molar-refractivity contribution in [2.45, 2.75) is 45.6 Å². The van der Waals surface area contributed by atoms with Crippen LogP contribution >= 0.6 is 0 Å². The number of rotatable bonds is 1. The lowest BCUT2D eigenvalue weighted by molar-refractivity contribution is 0.443. The van der Waals surface area contributed by atoms with Crippen LogP contribution in [0.2, 0.25) is 0 Å². The number of hydrogen-bond donors (Lipinski definition) is 1. The second-order valence-electron chi connectivity index (χ2n) is 4.71. The highest BCUT2D eigenvalue weighted by Crippen LogP contribution is 2.44. The van der Waals surface area contributed by atoms with Gasteiger partial charge in [-0.15, -0.1) is 0 Å². The van der Waals surface area contributed by atoms with Gasteiger partial charge in [0, 0.05) is 17.1 Å². The molecule has 2 atom stereocenters. The van der Waals surface area contributed by atoms with Crippen molar-refractivity contribution < 1.29 is 0 Å². The molecule has 0 amide bonds. The van der Waals surface area contributed by atoms with E-state index in [1.165, 1.54) is 23.2 Å². The van der Waals surface area contributed by atoms with E-state index in [1.54, 1.807) is 0 Å². The zero-order valence-corrected chi connectivity index (χ0v) is 9.52. The van der Waals surface area contributed by atoms with E-state index in [9.17, 15) is 0 Å². The molecule has 1 heterocycles. The van der Waals surface area contributed by atoms with Crippen molar-refractivity contribution in [1.29, 1.82) is 0 Å². The Balaban J connectivity index is 2.46. The fourth-order valence-electron chi connectivity index (χ4n) is 2.31. The molecule has 76 valence electrons. The van der Waals surface area contributed by atoms with Gasteiger partial charge in [0.05, 0.1) is 0 Å². The van der Waals surface area contributed by atoms with Crippen LogP contribution in [0.5, 0.6) is 0 Å². The van der Waals surface area contributed by atoms with Crippen molar-refractivity contribution in [1.82, 2.24) is 0 Å². The molecule has 0 aliphatic carbocycles. The molecule has 1 N–H and O–H groups in total. The van der Waals surface area contributed by atoms with Crippen LogP contribution in [0, 0.1) is 6.92 Å². The van der Waals surface area contributed by atoms with Gasteiger partial charge in [0.1, 0.15) is 0 Å². The first kappa shape index (κ1) is 9.57. The molecular formula is C13H19N. The molecular weight excluding hydrogens is 170 g/mol. The maximum Gasteiger partial charge on any atom is 0.0409 e. The van der Waals surface area contributed by atoms with E-state index in [-0.39, 0.29) is 5.54 Å². The number of hydrogen-bond acceptors (Lipinski definition) is 1. The minimum absolute atomic E-state index is 0.246. The predicted molar refractivity (Wildman–Crippen MR) is 61.9 cm³/mol. The molecule has 0 bridgehead atoms. The summed E-state index contributed by atoms with van der Waals surface area (Å²) in [6.45, 7) is 9.05. The van der Waals surface area contributed by atoms with Gasteiger partial charge in [-0.1, -0.05) is 31.5 Å². The van der Waals surface area contributed by atoms with E-state index in [1.807, 2.05) is 0 Å². The summed E-state index contributed by atoms with van der Waals surface area (Å²) in [5.41, 5.74) is 4.41. The molecule has 1 aliphatic heterocycles. The number of fused-ring (bicyclic) bond motifs is 1. The molecule has 1 aromatic rings. The monoisotopic (exact) mass is 189 g/mol. The van der Waals surface area contributed by atoms with E-state index < -0.39 is 0 Å². The van der Waals surface area contributed by atoms with Gasteiger partial charge in [-0.05, 0) is 31.9 Å². The van der Waals surface area contributed by atoms with Crippen LogP contribution in [0.4, 0.5) is 5.69 Å². The van der Waals surface area contributed by atoms with Crippen molar-refractivity contribution in [2.24, 2.45) is 0 Å². The number of benzene rings is 1. The van der Waals surface area contributed by atoms with Gasteiger partial charge in [0.25, 0.3) is 0 Å². The Hall–Kier alpha value is -0.980. The third-order valence-electron chi connectivity index (χ3n) is 3.78. The fourth-order valence-corrected chi connectivity index (χ4v) is 2.31. The zero-order chi connectivity index (χ0) is 10.3. The maximum atomic E-state index is 3.64. The fraction of sp³-hybridized carbons (Fsp3) is 0.538. The number of nitrogens with one attached hydrogen (secondary N) is 1. The molecule has 2 unspecified atom stereocenters. The molecule has 0 aromatic heterocycles. The van der Waals surface area contributed by atoms with Crippen LogP contribution in [-0.4, -0.2) is 5.54 Å². The molecule has 0 saturated carbocycles. The molecule has 14 heavy (non-hydrogen) atoms. The molecule has 2 rings (SSSR count). The topological polar surface area (TPSA) is 12.0 Å². The summed E-state index contributed by atoms with van der Waals surface area (Å²) in [6, 6.07) is 6.70. The Bertz CT molecular complexity index is 356. The summed E-state index contributed by atoms with van der Waals surface area (Å²) < 4.78 is 0.